The summed E-state index contributed by atoms with van der Waals surface area (Å²) in [6.45, 7) is 1.84. The molecule has 3 heterocycles. The van der Waals surface area contributed by atoms with Crippen LogP contribution in [-0.2, 0) is 6.54 Å². The van der Waals surface area contributed by atoms with E-state index >= 15 is 0 Å². The predicted octanol–water partition coefficient (Wildman–Crippen LogP) is 5.07. The number of thiophene rings is 1. The van der Waals surface area contributed by atoms with Crippen molar-refractivity contribution in [3.8, 4) is 11.3 Å². The highest BCUT2D eigenvalue weighted by atomic mass is 32.1. The zero-order valence-corrected chi connectivity index (χ0v) is 15.7. The fourth-order valence-corrected chi connectivity index (χ4v) is 5.11. The van der Waals surface area contributed by atoms with Crippen molar-refractivity contribution in [3.05, 3.63) is 82.6 Å². The average molecular weight is 375 g/mol. The van der Waals surface area contributed by atoms with Gasteiger partial charge >= 0.3 is 0 Å². The normalized spacial score (nSPS) is 17.2. The molecule has 5 heteroatoms. The molecule has 3 nitrogen and oxygen atoms in total. The minimum Gasteiger partial charge on any atom is -0.301 e. The molecule has 1 unspecified atom stereocenters. The first-order valence-electron chi connectivity index (χ1n) is 8.96. The van der Waals surface area contributed by atoms with Crippen LogP contribution in [0.2, 0.25) is 0 Å². The first-order chi connectivity index (χ1) is 13.2. The largest absolute Gasteiger partial charge is 0.301 e. The number of benzene rings is 2. The molecule has 0 saturated heterocycles. The lowest BCUT2D eigenvalue weighted by molar-refractivity contribution is 0.296. The van der Waals surface area contributed by atoms with Crippen molar-refractivity contribution in [1.82, 2.24) is 15.1 Å². The van der Waals surface area contributed by atoms with Crippen LogP contribution in [0.15, 0.2) is 60.8 Å². The van der Waals surface area contributed by atoms with E-state index in [-0.39, 0.29) is 11.7 Å². The van der Waals surface area contributed by atoms with E-state index in [1.165, 1.54) is 22.1 Å². The topological polar surface area (TPSA) is 29.0 Å². The lowest BCUT2D eigenvalue weighted by Gasteiger charge is -2.32. The summed E-state index contributed by atoms with van der Waals surface area (Å²) in [6.07, 6.45) is 1.69. The standard InChI is InChI=1S/C22H18FN3S/c1-26-12-15-10-14(20-5-3-9-24-25-20)7-8-16(15)18(13-26)22-11-17-19(23)4-2-6-21(17)27-22/h2-11,18H,12-13H2,1H3. The number of nitrogens with zero attached hydrogens (tertiary/aromatic N) is 3. The zero-order chi connectivity index (χ0) is 18.4. The lowest BCUT2D eigenvalue weighted by atomic mass is 9.87. The second kappa shape index (κ2) is 6.51. The van der Waals surface area contributed by atoms with Gasteiger partial charge in [-0.15, -0.1) is 11.3 Å². The highest BCUT2D eigenvalue weighted by Crippen LogP contribution is 2.40. The van der Waals surface area contributed by atoms with Crippen LogP contribution in [0.4, 0.5) is 4.39 Å². The Morgan fingerprint density at radius 1 is 1.11 bits per heavy atom. The van der Waals surface area contributed by atoms with Crippen LogP contribution in [0, 0.1) is 5.82 Å². The average Bonchev–Trinajstić information content (AvgIpc) is 3.13. The van der Waals surface area contributed by atoms with Crippen LogP contribution in [-0.4, -0.2) is 28.7 Å². The van der Waals surface area contributed by atoms with E-state index in [1.54, 1.807) is 23.6 Å². The Kier molecular flexibility index (Phi) is 3.99. The molecule has 1 aliphatic heterocycles. The maximum atomic E-state index is 14.2. The lowest BCUT2D eigenvalue weighted by Crippen LogP contribution is -2.30. The number of fused-ring (bicyclic) bond motifs is 2. The first-order valence-corrected chi connectivity index (χ1v) is 9.78. The molecule has 2 aromatic carbocycles. The maximum Gasteiger partial charge on any atom is 0.131 e. The van der Waals surface area contributed by atoms with E-state index in [9.17, 15) is 4.39 Å². The van der Waals surface area contributed by atoms with E-state index in [0.29, 0.717) is 0 Å². The monoisotopic (exact) mass is 375 g/mol. The minimum absolute atomic E-state index is 0.141. The van der Waals surface area contributed by atoms with Gasteiger partial charge in [0.1, 0.15) is 5.82 Å². The van der Waals surface area contributed by atoms with E-state index in [2.05, 4.69) is 40.3 Å². The molecule has 1 aliphatic rings. The molecular weight excluding hydrogens is 357 g/mol. The molecule has 0 amide bonds. The number of halogens is 1. The molecule has 0 saturated carbocycles. The SMILES string of the molecule is CN1Cc2cc(-c3cccnn3)ccc2C(c2cc3c(F)cccc3s2)C1. The van der Waals surface area contributed by atoms with Crippen molar-refractivity contribution in [3.63, 3.8) is 0 Å². The summed E-state index contributed by atoms with van der Waals surface area (Å²) < 4.78 is 15.2. The van der Waals surface area contributed by atoms with E-state index in [1.807, 2.05) is 24.3 Å². The molecule has 134 valence electrons. The summed E-state index contributed by atoms with van der Waals surface area (Å²) in [7, 11) is 2.14. The number of aromatic nitrogens is 2. The van der Waals surface area contributed by atoms with Crippen molar-refractivity contribution in [2.75, 3.05) is 13.6 Å². The molecule has 0 aliphatic carbocycles. The Hall–Kier alpha value is -2.63. The Morgan fingerprint density at radius 2 is 2.04 bits per heavy atom. The van der Waals surface area contributed by atoms with Crippen LogP contribution in [0.5, 0.6) is 0 Å². The molecule has 0 bridgehead atoms. The fraction of sp³-hybridized carbons (Fsp3) is 0.182. The van der Waals surface area contributed by atoms with Gasteiger partial charge in [0.15, 0.2) is 0 Å². The molecule has 27 heavy (non-hydrogen) atoms. The summed E-state index contributed by atoms with van der Waals surface area (Å²) in [5, 5.41) is 8.94. The number of rotatable bonds is 2. The third-order valence-electron chi connectivity index (χ3n) is 5.19. The van der Waals surface area contributed by atoms with Gasteiger partial charge in [-0.3, -0.25) is 0 Å². The second-order valence-corrected chi connectivity index (χ2v) is 8.19. The predicted molar refractivity (Wildman–Crippen MR) is 107 cm³/mol. The van der Waals surface area contributed by atoms with Gasteiger partial charge in [0, 0.05) is 45.7 Å². The van der Waals surface area contributed by atoms with Gasteiger partial charge in [-0.2, -0.15) is 10.2 Å². The summed E-state index contributed by atoms with van der Waals surface area (Å²) >= 11 is 1.70. The Bertz CT molecular complexity index is 1120. The van der Waals surface area contributed by atoms with Crippen LogP contribution in [0.3, 0.4) is 0 Å². The third kappa shape index (κ3) is 2.93. The number of likely N-dealkylation sites (N-methyl/N-ethyl adjacent to an activating group) is 1. The summed E-state index contributed by atoms with van der Waals surface area (Å²) in [4.78, 5) is 3.55. The summed E-state index contributed by atoms with van der Waals surface area (Å²) in [5.74, 6) is 0.115. The number of hydrogen-bond donors (Lipinski definition) is 0. The van der Waals surface area contributed by atoms with Gasteiger partial charge < -0.3 is 4.90 Å². The Morgan fingerprint density at radius 3 is 2.85 bits per heavy atom. The van der Waals surface area contributed by atoms with Gasteiger partial charge in [-0.05, 0) is 54.6 Å². The van der Waals surface area contributed by atoms with Crippen molar-refractivity contribution in [2.24, 2.45) is 0 Å². The van der Waals surface area contributed by atoms with Crippen molar-refractivity contribution >= 4 is 21.4 Å². The smallest absolute Gasteiger partial charge is 0.131 e. The highest BCUT2D eigenvalue weighted by Gasteiger charge is 2.27. The summed E-state index contributed by atoms with van der Waals surface area (Å²) in [5.41, 5.74) is 4.59. The van der Waals surface area contributed by atoms with Crippen LogP contribution < -0.4 is 0 Å². The summed E-state index contributed by atoms with van der Waals surface area (Å²) in [6, 6.07) is 17.8. The molecular formula is C22H18FN3S. The molecule has 0 N–H and O–H groups in total. The molecule has 2 aromatic heterocycles. The van der Waals surface area contributed by atoms with Gasteiger partial charge in [0.2, 0.25) is 0 Å². The van der Waals surface area contributed by atoms with Gasteiger partial charge in [0.25, 0.3) is 0 Å². The fourth-order valence-electron chi connectivity index (χ4n) is 3.92. The zero-order valence-electron chi connectivity index (χ0n) is 14.9. The van der Waals surface area contributed by atoms with Gasteiger partial charge in [-0.25, -0.2) is 4.39 Å². The molecule has 0 fully saturated rings. The molecule has 4 aromatic rings. The van der Waals surface area contributed by atoms with Crippen molar-refractivity contribution in [2.45, 2.75) is 12.5 Å². The Balaban J connectivity index is 1.60. The molecule has 0 spiro atoms. The van der Waals surface area contributed by atoms with Gasteiger partial charge in [-0.1, -0.05) is 18.2 Å². The van der Waals surface area contributed by atoms with E-state index < -0.39 is 0 Å². The van der Waals surface area contributed by atoms with E-state index in [4.69, 9.17) is 0 Å². The molecule has 1 atom stereocenters. The van der Waals surface area contributed by atoms with Crippen molar-refractivity contribution in [1.29, 1.82) is 0 Å². The third-order valence-corrected chi connectivity index (χ3v) is 6.41. The number of hydrogen-bond acceptors (Lipinski definition) is 4. The first kappa shape index (κ1) is 16.5. The highest BCUT2D eigenvalue weighted by molar-refractivity contribution is 7.19. The van der Waals surface area contributed by atoms with Crippen LogP contribution in [0.25, 0.3) is 21.3 Å². The van der Waals surface area contributed by atoms with Crippen LogP contribution in [0.1, 0.15) is 21.9 Å². The molecule has 5 rings (SSSR count). The quantitative estimate of drug-likeness (QED) is 0.489. The molecule has 0 radical (unpaired) electrons. The second-order valence-electron chi connectivity index (χ2n) is 7.07. The van der Waals surface area contributed by atoms with Crippen molar-refractivity contribution < 1.29 is 4.39 Å². The van der Waals surface area contributed by atoms with Gasteiger partial charge in [0.05, 0.1) is 5.69 Å². The maximum absolute atomic E-state index is 14.2. The van der Waals surface area contributed by atoms with E-state index in [0.717, 1.165) is 34.4 Å². The Labute approximate surface area is 161 Å². The van der Waals surface area contributed by atoms with Crippen LogP contribution >= 0.6 is 11.3 Å². The minimum atomic E-state index is -0.141.